The normalized spacial score (nSPS) is 16.9. The van der Waals surface area contributed by atoms with E-state index in [0.29, 0.717) is 29.9 Å². The van der Waals surface area contributed by atoms with Crippen LogP contribution in [-0.2, 0) is 4.74 Å². The minimum absolute atomic E-state index is 0.103. The number of hydrogen-bond donors (Lipinski definition) is 1. The highest BCUT2D eigenvalue weighted by Gasteiger charge is 2.38. The Bertz CT molecular complexity index is 575. The number of aromatic nitrogens is 1. The highest BCUT2D eigenvalue weighted by molar-refractivity contribution is 7.99. The van der Waals surface area contributed by atoms with E-state index in [0.717, 1.165) is 5.56 Å². The van der Waals surface area contributed by atoms with Crippen LogP contribution in [-0.4, -0.2) is 35.7 Å². The minimum atomic E-state index is -0.280. The van der Waals surface area contributed by atoms with Crippen molar-refractivity contribution in [1.82, 2.24) is 4.98 Å². The molecule has 0 unspecified atom stereocenters. The fourth-order valence-corrected chi connectivity index (χ4v) is 2.86. The second-order valence-corrected chi connectivity index (χ2v) is 5.86. The van der Waals surface area contributed by atoms with Crippen LogP contribution in [0.25, 0.3) is 11.3 Å². The first-order valence-corrected chi connectivity index (χ1v) is 7.23. The molecule has 1 aromatic heterocycles. The molecule has 1 N–H and O–H groups in total. The van der Waals surface area contributed by atoms with Gasteiger partial charge in [-0.25, -0.2) is 9.37 Å². The van der Waals surface area contributed by atoms with Crippen LogP contribution in [0.15, 0.2) is 40.1 Å². The van der Waals surface area contributed by atoms with Crippen LogP contribution < -0.4 is 0 Å². The fraction of sp³-hybridized carbons (Fsp3) is 0.357. The van der Waals surface area contributed by atoms with Gasteiger partial charge in [-0.3, -0.25) is 0 Å². The average molecular weight is 295 g/mol. The van der Waals surface area contributed by atoms with E-state index >= 15 is 0 Å². The van der Waals surface area contributed by atoms with Gasteiger partial charge < -0.3 is 14.3 Å². The van der Waals surface area contributed by atoms with Crippen molar-refractivity contribution in [3.05, 3.63) is 36.3 Å². The van der Waals surface area contributed by atoms with Gasteiger partial charge in [0.1, 0.15) is 5.82 Å². The number of nitrogens with zero attached hydrogens (tertiary/aromatic N) is 1. The SMILES string of the molecule is OCC1(CSc2ncc(-c3ccc(F)cc3)o2)COC1. The zero-order valence-corrected chi connectivity index (χ0v) is 11.5. The largest absolute Gasteiger partial charge is 0.431 e. The first-order chi connectivity index (χ1) is 9.71. The van der Waals surface area contributed by atoms with Gasteiger partial charge in [-0.2, -0.15) is 0 Å². The summed E-state index contributed by atoms with van der Waals surface area (Å²) in [5.41, 5.74) is 0.615. The lowest BCUT2D eigenvalue weighted by Gasteiger charge is -2.39. The molecule has 0 radical (unpaired) electrons. The lowest BCUT2D eigenvalue weighted by Crippen LogP contribution is -2.47. The smallest absolute Gasteiger partial charge is 0.256 e. The summed E-state index contributed by atoms with van der Waals surface area (Å²) in [6.45, 7) is 1.25. The monoisotopic (exact) mass is 295 g/mol. The van der Waals surface area contributed by atoms with Crippen LogP contribution in [0.3, 0.4) is 0 Å². The summed E-state index contributed by atoms with van der Waals surface area (Å²) >= 11 is 1.45. The summed E-state index contributed by atoms with van der Waals surface area (Å²) in [4.78, 5) is 4.19. The van der Waals surface area contributed by atoms with E-state index in [9.17, 15) is 9.50 Å². The zero-order chi connectivity index (χ0) is 14.0. The molecule has 4 nitrogen and oxygen atoms in total. The number of aliphatic hydroxyl groups excluding tert-OH is 1. The van der Waals surface area contributed by atoms with Crippen LogP contribution in [0.4, 0.5) is 4.39 Å². The van der Waals surface area contributed by atoms with Gasteiger partial charge in [-0.15, -0.1) is 0 Å². The quantitative estimate of drug-likeness (QED) is 0.859. The van der Waals surface area contributed by atoms with E-state index in [1.807, 2.05) is 0 Å². The summed E-state index contributed by atoms with van der Waals surface area (Å²) in [5.74, 6) is 1.03. The molecular formula is C14H14FNO3S. The van der Waals surface area contributed by atoms with Crippen molar-refractivity contribution in [3.8, 4) is 11.3 Å². The topological polar surface area (TPSA) is 55.5 Å². The molecule has 1 aliphatic rings. The van der Waals surface area contributed by atoms with Crippen LogP contribution in [0.1, 0.15) is 0 Å². The summed E-state index contributed by atoms with van der Waals surface area (Å²) in [6.07, 6.45) is 1.62. The minimum Gasteiger partial charge on any atom is -0.431 e. The van der Waals surface area contributed by atoms with E-state index in [-0.39, 0.29) is 17.8 Å². The van der Waals surface area contributed by atoms with Crippen LogP contribution in [0.2, 0.25) is 0 Å². The molecular weight excluding hydrogens is 281 g/mol. The highest BCUT2D eigenvalue weighted by Crippen LogP contribution is 2.34. The Hall–Kier alpha value is -1.37. The second-order valence-electron chi connectivity index (χ2n) is 4.94. The number of oxazole rings is 1. The van der Waals surface area contributed by atoms with Crippen molar-refractivity contribution < 1.29 is 18.7 Å². The molecule has 6 heteroatoms. The van der Waals surface area contributed by atoms with Crippen molar-refractivity contribution in [3.63, 3.8) is 0 Å². The number of benzene rings is 1. The molecule has 1 aromatic carbocycles. The molecule has 20 heavy (non-hydrogen) atoms. The molecule has 3 rings (SSSR count). The van der Waals surface area contributed by atoms with Gasteiger partial charge >= 0.3 is 0 Å². The molecule has 0 saturated carbocycles. The Morgan fingerprint density at radius 1 is 1.30 bits per heavy atom. The average Bonchev–Trinajstić information content (AvgIpc) is 2.88. The van der Waals surface area contributed by atoms with E-state index in [1.54, 1.807) is 18.3 Å². The number of thioether (sulfide) groups is 1. The molecule has 2 aromatic rings. The summed E-state index contributed by atoms with van der Waals surface area (Å²) < 4.78 is 23.6. The molecule has 0 bridgehead atoms. The Morgan fingerprint density at radius 2 is 2.05 bits per heavy atom. The maximum Gasteiger partial charge on any atom is 0.256 e. The number of aliphatic hydroxyl groups is 1. The third kappa shape index (κ3) is 2.72. The van der Waals surface area contributed by atoms with Gasteiger partial charge in [-0.1, -0.05) is 11.8 Å². The van der Waals surface area contributed by atoms with Crippen molar-refractivity contribution in [2.45, 2.75) is 5.22 Å². The number of halogens is 1. The number of hydrogen-bond acceptors (Lipinski definition) is 5. The summed E-state index contributed by atoms with van der Waals surface area (Å²) in [7, 11) is 0. The second kappa shape index (κ2) is 5.55. The predicted octanol–water partition coefficient (Wildman–Crippen LogP) is 2.58. The molecule has 1 saturated heterocycles. The van der Waals surface area contributed by atoms with E-state index in [2.05, 4.69) is 4.98 Å². The lowest BCUT2D eigenvalue weighted by atomic mass is 9.90. The van der Waals surface area contributed by atoms with E-state index < -0.39 is 0 Å². The van der Waals surface area contributed by atoms with Crippen molar-refractivity contribution in [2.75, 3.05) is 25.6 Å². The zero-order valence-electron chi connectivity index (χ0n) is 10.7. The molecule has 0 aliphatic carbocycles. The molecule has 1 fully saturated rings. The van der Waals surface area contributed by atoms with Crippen LogP contribution in [0, 0.1) is 11.2 Å². The third-order valence-corrected chi connectivity index (χ3v) is 4.46. The van der Waals surface area contributed by atoms with Crippen molar-refractivity contribution >= 4 is 11.8 Å². The molecule has 106 valence electrons. The summed E-state index contributed by atoms with van der Waals surface area (Å²) in [6, 6.07) is 6.08. The molecule has 2 heterocycles. The fourth-order valence-electron chi connectivity index (χ4n) is 1.90. The van der Waals surface area contributed by atoms with Crippen molar-refractivity contribution in [2.24, 2.45) is 5.41 Å². The van der Waals surface area contributed by atoms with Crippen LogP contribution in [0.5, 0.6) is 0 Å². The Labute approximate surface area is 120 Å². The number of rotatable bonds is 5. The van der Waals surface area contributed by atoms with Crippen LogP contribution >= 0.6 is 11.8 Å². The molecule has 0 atom stereocenters. The van der Waals surface area contributed by atoms with Gasteiger partial charge in [0, 0.05) is 16.7 Å². The third-order valence-electron chi connectivity index (χ3n) is 3.27. The maximum absolute atomic E-state index is 12.9. The lowest BCUT2D eigenvalue weighted by molar-refractivity contribution is -0.121. The van der Waals surface area contributed by atoms with E-state index in [4.69, 9.17) is 9.15 Å². The standard InChI is InChI=1S/C14H14FNO3S/c15-11-3-1-10(2-4-11)12-5-16-13(19-12)20-9-14(6-17)7-18-8-14/h1-5,17H,6-9H2. The predicted molar refractivity (Wildman–Crippen MR) is 73.0 cm³/mol. The maximum atomic E-state index is 12.9. The highest BCUT2D eigenvalue weighted by atomic mass is 32.2. The first-order valence-electron chi connectivity index (χ1n) is 6.24. The summed E-state index contributed by atoms with van der Waals surface area (Å²) in [5, 5.41) is 9.89. The van der Waals surface area contributed by atoms with Gasteiger partial charge in [0.05, 0.1) is 26.0 Å². The Kier molecular flexibility index (Phi) is 3.78. The van der Waals surface area contributed by atoms with Gasteiger partial charge in [0.15, 0.2) is 5.76 Å². The van der Waals surface area contributed by atoms with Gasteiger partial charge in [0.2, 0.25) is 0 Å². The molecule has 1 aliphatic heterocycles. The van der Waals surface area contributed by atoms with E-state index in [1.165, 1.54) is 23.9 Å². The first kappa shape index (κ1) is 13.6. The van der Waals surface area contributed by atoms with Crippen molar-refractivity contribution in [1.29, 1.82) is 0 Å². The number of ether oxygens (including phenoxy) is 1. The van der Waals surface area contributed by atoms with Gasteiger partial charge in [0.25, 0.3) is 5.22 Å². The van der Waals surface area contributed by atoms with Gasteiger partial charge in [-0.05, 0) is 24.3 Å². The Balaban J connectivity index is 1.66. The molecule has 0 spiro atoms. The Morgan fingerprint density at radius 3 is 2.65 bits per heavy atom. The molecule has 0 amide bonds.